The second-order valence-electron chi connectivity index (χ2n) is 6.42. The second-order valence-corrected chi connectivity index (χ2v) is 6.85. The van der Waals surface area contributed by atoms with Crippen molar-refractivity contribution in [2.24, 2.45) is 0 Å². The molecule has 0 spiro atoms. The fourth-order valence-electron chi connectivity index (χ4n) is 3.48. The van der Waals surface area contributed by atoms with Gasteiger partial charge in [-0.1, -0.05) is 25.4 Å². The van der Waals surface area contributed by atoms with Gasteiger partial charge in [0, 0.05) is 32.0 Å². The molecule has 0 saturated carbocycles. The summed E-state index contributed by atoms with van der Waals surface area (Å²) < 4.78 is 2.91. The number of halogens is 1. The Balaban J connectivity index is 0.00000102. The molecule has 0 aliphatic carbocycles. The molecule has 1 N–H and O–H groups in total. The Morgan fingerprint density at radius 2 is 2.04 bits per heavy atom. The molecule has 4 rings (SSSR count). The fraction of sp³-hybridized carbons (Fsp3) is 0.556. The SMILES string of the molecule is CC.O=C(C1CNCc2nn(Cc3cncc(Cl)c3)c(=O)n21)N1CCCC1. The molecular weight excluding hydrogens is 368 g/mol. The summed E-state index contributed by atoms with van der Waals surface area (Å²) in [6.07, 6.45) is 5.24. The predicted octanol–water partition coefficient (Wildman–Crippen LogP) is 1.43. The zero-order valence-electron chi connectivity index (χ0n) is 15.7. The number of rotatable bonds is 3. The van der Waals surface area contributed by atoms with Crippen LogP contribution in [0.3, 0.4) is 0 Å². The Kier molecular flexibility index (Phi) is 6.28. The van der Waals surface area contributed by atoms with E-state index in [1.165, 1.54) is 9.25 Å². The largest absolute Gasteiger partial charge is 0.347 e. The Morgan fingerprint density at radius 3 is 2.74 bits per heavy atom. The van der Waals surface area contributed by atoms with E-state index in [-0.39, 0.29) is 18.1 Å². The van der Waals surface area contributed by atoms with Crippen molar-refractivity contribution in [3.05, 3.63) is 45.4 Å². The number of amides is 1. The maximum absolute atomic E-state index is 12.8. The van der Waals surface area contributed by atoms with Gasteiger partial charge in [-0.2, -0.15) is 5.10 Å². The van der Waals surface area contributed by atoms with Crippen LogP contribution in [0, 0.1) is 0 Å². The van der Waals surface area contributed by atoms with E-state index in [0.29, 0.717) is 23.9 Å². The van der Waals surface area contributed by atoms with E-state index in [1.807, 2.05) is 18.7 Å². The minimum Gasteiger partial charge on any atom is -0.341 e. The number of carbonyl (C=O) groups is 1. The molecule has 27 heavy (non-hydrogen) atoms. The van der Waals surface area contributed by atoms with Crippen LogP contribution in [0.2, 0.25) is 5.02 Å². The van der Waals surface area contributed by atoms with Crippen LogP contribution in [-0.2, 0) is 17.9 Å². The molecule has 2 aliphatic rings. The Labute approximate surface area is 163 Å². The van der Waals surface area contributed by atoms with E-state index in [4.69, 9.17) is 11.6 Å². The summed E-state index contributed by atoms with van der Waals surface area (Å²) in [4.78, 5) is 31.5. The number of aromatic nitrogens is 4. The van der Waals surface area contributed by atoms with Crippen LogP contribution < -0.4 is 11.0 Å². The number of hydrogen-bond acceptors (Lipinski definition) is 5. The van der Waals surface area contributed by atoms with Gasteiger partial charge in [0.2, 0.25) is 5.91 Å². The average molecular weight is 393 g/mol. The van der Waals surface area contributed by atoms with Gasteiger partial charge in [0.25, 0.3) is 0 Å². The lowest BCUT2D eigenvalue weighted by Gasteiger charge is -2.27. The molecule has 1 saturated heterocycles. The van der Waals surface area contributed by atoms with Crippen LogP contribution in [-0.4, -0.2) is 49.8 Å². The van der Waals surface area contributed by atoms with Crippen LogP contribution in [0.5, 0.6) is 0 Å². The quantitative estimate of drug-likeness (QED) is 0.854. The molecule has 0 bridgehead atoms. The molecule has 9 heteroatoms. The lowest BCUT2D eigenvalue weighted by molar-refractivity contribution is -0.134. The molecular formula is C18H25ClN6O2. The fourth-order valence-corrected chi connectivity index (χ4v) is 3.67. The molecule has 146 valence electrons. The minimum absolute atomic E-state index is 0.00276. The van der Waals surface area contributed by atoms with Gasteiger partial charge in [-0.25, -0.2) is 9.48 Å². The number of nitrogens with zero attached hydrogens (tertiary/aromatic N) is 5. The van der Waals surface area contributed by atoms with Crippen molar-refractivity contribution >= 4 is 17.5 Å². The minimum atomic E-state index is -0.527. The predicted molar refractivity (Wildman–Crippen MR) is 103 cm³/mol. The standard InChI is InChI=1S/C16H19ClN6O2.C2H6/c17-12-5-11(6-18-7-12)10-22-16(25)23-13(8-19-9-14(23)20-22)15(24)21-3-1-2-4-21;1-2/h5-7,13,19H,1-4,8-10H2;1-2H3. The van der Waals surface area contributed by atoms with Gasteiger partial charge in [-0.05, 0) is 24.5 Å². The summed E-state index contributed by atoms with van der Waals surface area (Å²) in [5.41, 5.74) is 0.523. The molecule has 1 unspecified atom stereocenters. The third-order valence-corrected chi connectivity index (χ3v) is 4.88. The summed E-state index contributed by atoms with van der Waals surface area (Å²) >= 11 is 5.95. The van der Waals surface area contributed by atoms with Crippen LogP contribution in [0.15, 0.2) is 23.3 Å². The van der Waals surface area contributed by atoms with Gasteiger partial charge in [-0.15, -0.1) is 0 Å². The highest BCUT2D eigenvalue weighted by atomic mass is 35.5. The van der Waals surface area contributed by atoms with Crippen molar-refractivity contribution in [2.75, 3.05) is 19.6 Å². The highest BCUT2D eigenvalue weighted by Gasteiger charge is 2.34. The Morgan fingerprint density at radius 1 is 1.30 bits per heavy atom. The van der Waals surface area contributed by atoms with E-state index in [9.17, 15) is 9.59 Å². The molecule has 1 fully saturated rings. The Hall–Kier alpha value is -2.19. The second kappa shape index (κ2) is 8.67. The van der Waals surface area contributed by atoms with Crippen molar-refractivity contribution in [1.29, 1.82) is 0 Å². The maximum atomic E-state index is 12.8. The van der Waals surface area contributed by atoms with E-state index >= 15 is 0 Å². The first-order valence-electron chi connectivity index (χ1n) is 9.40. The summed E-state index contributed by atoms with van der Waals surface area (Å²) in [7, 11) is 0. The van der Waals surface area contributed by atoms with Crippen molar-refractivity contribution < 1.29 is 4.79 Å². The van der Waals surface area contributed by atoms with Gasteiger partial charge in [0.15, 0.2) is 0 Å². The molecule has 2 aromatic heterocycles. The monoisotopic (exact) mass is 392 g/mol. The number of pyridine rings is 1. The topological polar surface area (TPSA) is 85.0 Å². The van der Waals surface area contributed by atoms with E-state index in [1.54, 1.807) is 18.5 Å². The number of hydrogen-bond donors (Lipinski definition) is 1. The highest BCUT2D eigenvalue weighted by molar-refractivity contribution is 6.30. The normalized spacial score (nSPS) is 18.6. The van der Waals surface area contributed by atoms with Crippen molar-refractivity contribution in [3.63, 3.8) is 0 Å². The van der Waals surface area contributed by atoms with Gasteiger partial charge in [0.1, 0.15) is 11.9 Å². The van der Waals surface area contributed by atoms with Crippen molar-refractivity contribution in [2.45, 2.75) is 45.8 Å². The average Bonchev–Trinajstić information content (AvgIpc) is 3.32. The maximum Gasteiger partial charge on any atom is 0.347 e. The van der Waals surface area contributed by atoms with E-state index in [0.717, 1.165) is 31.5 Å². The lowest BCUT2D eigenvalue weighted by Crippen LogP contribution is -2.47. The number of fused-ring (bicyclic) bond motifs is 1. The van der Waals surface area contributed by atoms with Crippen molar-refractivity contribution in [3.8, 4) is 0 Å². The molecule has 4 heterocycles. The summed E-state index contributed by atoms with van der Waals surface area (Å²) in [6, 6.07) is 1.23. The molecule has 1 atom stereocenters. The molecule has 0 aromatic carbocycles. The molecule has 0 radical (unpaired) electrons. The number of likely N-dealkylation sites (tertiary alicyclic amines) is 1. The van der Waals surface area contributed by atoms with Crippen LogP contribution >= 0.6 is 11.6 Å². The smallest absolute Gasteiger partial charge is 0.341 e. The zero-order chi connectivity index (χ0) is 19.4. The first-order chi connectivity index (χ1) is 13.1. The van der Waals surface area contributed by atoms with Gasteiger partial charge >= 0.3 is 5.69 Å². The molecule has 1 amide bonds. The summed E-state index contributed by atoms with van der Waals surface area (Å²) in [5.74, 6) is 0.584. The third-order valence-electron chi connectivity index (χ3n) is 4.67. The molecule has 8 nitrogen and oxygen atoms in total. The van der Waals surface area contributed by atoms with Gasteiger partial charge in [-0.3, -0.25) is 14.3 Å². The number of carbonyl (C=O) groups excluding carboxylic acids is 1. The van der Waals surface area contributed by atoms with Gasteiger partial charge in [0.05, 0.1) is 18.1 Å². The lowest BCUT2D eigenvalue weighted by atomic mass is 10.2. The Bertz CT molecular complexity index is 856. The first kappa shape index (κ1) is 19.6. The summed E-state index contributed by atoms with van der Waals surface area (Å²) in [5, 5.41) is 8.10. The summed E-state index contributed by atoms with van der Waals surface area (Å²) in [6.45, 7) is 6.73. The van der Waals surface area contributed by atoms with E-state index < -0.39 is 6.04 Å². The first-order valence-corrected chi connectivity index (χ1v) is 9.78. The zero-order valence-corrected chi connectivity index (χ0v) is 16.4. The molecule has 2 aliphatic heterocycles. The highest BCUT2D eigenvalue weighted by Crippen LogP contribution is 2.18. The van der Waals surface area contributed by atoms with Crippen LogP contribution in [0.25, 0.3) is 0 Å². The van der Waals surface area contributed by atoms with Crippen molar-refractivity contribution in [1.82, 2.24) is 29.5 Å². The molecule has 2 aromatic rings. The third kappa shape index (κ3) is 4.06. The van der Waals surface area contributed by atoms with Crippen LogP contribution in [0.1, 0.15) is 44.1 Å². The van der Waals surface area contributed by atoms with E-state index in [2.05, 4.69) is 15.4 Å². The van der Waals surface area contributed by atoms with Crippen LogP contribution in [0.4, 0.5) is 0 Å². The number of nitrogens with one attached hydrogen (secondary N) is 1. The van der Waals surface area contributed by atoms with Gasteiger partial charge < -0.3 is 10.2 Å².